The molecule has 1 heterocycles. The van der Waals surface area contributed by atoms with Crippen LogP contribution in [-0.2, 0) is 4.79 Å². The lowest BCUT2D eigenvalue weighted by Gasteiger charge is -2.24. The molecule has 0 radical (unpaired) electrons. The third-order valence-corrected chi connectivity index (χ3v) is 2.63. The molecular formula is C9H15NO4. The van der Waals surface area contributed by atoms with Crippen LogP contribution in [0.25, 0.3) is 0 Å². The molecule has 0 aliphatic carbocycles. The number of hydrogen-bond donors (Lipinski definition) is 2. The molecule has 5 heteroatoms. The van der Waals surface area contributed by atoms with Gasteiger partial charge < -0.3 is 10.2 Å². The first-order valence-electron chi connectivity index (χ1n) is 4.82. The summed E-state index contributed by atoms with van der Waals surface area (Å²) in [6, 6.07) is -0.956. The maximum atomic E-state index is 10.9. The number of hydrogen-bond acceptors (Lipinski definition) is 2. The van der Waals surface area contributed by atoms with E-state index in [0.29, 0.717) is 12.8 Å². The Labute approximate surface area is 82.3 Å². The van der Waals surface area contributed by atoms with E-state index in [1.54, 1.807) is 0 Å². The van der Waals surface area contributed by atoms with Crippen molar-refractivity contribution in [2.24, 2.45) is 0 Å². The van der Waals surface area contributed by atoms with E-state index in [0.717, 1.165) is 17.7 Å². The number of carbonyl (C=O) groups is 2. The number of nitrogens with zero attached hydrogens (tertiary/aromatic N) is 1. The molecule has 0 aromatic heterocycles. The Kier molecular flexibility index (Phi) is 3.33. The van der Waals surface area contributed by atoms with Gasteiger partial charge in [-0.3, -0.25) is 4.90 Å². The topological polar surface area (TPSA) is 77.8 Å². The Balaban J connectivity index is 2.74. The first-order chi connectivity index (χ1) is 6.57. The summed E-state index contributed by atoms with van der Waals surface area (Å²) in [6.07, 6.45) is 1.61. The monoisotopic (exact) mass is 201 g/mol. The summed E-state index contributed by atoms with van der Waals surface area (Å²) in [7, 11) is 0. The van der Waals surface area contributed by atoms with Crippen LogP contribution in [-0.4, -0.2) is 39.3 Å². The molecule has 1 aliphatic rings. The minimum atomic E-state index is -1.12. The molecule has 80 valence electrons. The van der Waals surface area contributed by atoms with Crippen molar-refractivity contribution in [2.75, 3.05) is 0 Å². The van der Waals surface area contributed by atoms with Gasteiger partial charge >= 0.3 is 12.1 Å². The van der Waals surface area contributed by atoms with Gasteiger partial charge in [0.15, 0.2) is 0 Å². The summed E-state index contributed by atoms with van der Waals surface area (Å²) in [4.78, 5) is 22.7. The van der Waals surface area contributed by atoms with Crippen LogP contribution in [0.15, 0.2) is 0 Å². The first-order valence-corrected chi connectivity index (χ1v) is 4.82. The van der Waals surface area contributed by atoms with E-state index >= 15 is 0 Å². The highest BCUT2D eigenvalue weighted by molar-refractivity contribution is 5.80. The van der Waals surface area contributed by atoms with Crippen molar-refractivity contribution in [1.82, 2.24) is 4.90 Å². The maximum absolute atomic E-state index is 10.9. The molecule has 1 aliphatic heterocycles. The molecule has 1 unspecified atom stereocenters. The highest BCUT2D eigenvalue weighted by Gasteiger charge is 2.40. The zero-order valence-corrected chi connectivity index (χ0v) is 8.14. The summed E-state index contributed by atoms with van der Waals surface area (Å²) in [5.41, 5.74) is 0. The van der Waals surface area contributed by atoms with E-state index in [4.69, 9.17) is 10.2 Å². The standard InChI is InChI=1S/C9H15NO4/c1-2-3-6-4-5-7(8(11)12)10(6)9(13)14/h6-7H,2-5H2,1H3,(H,11,12)(H,13,14)/t6?,7-/m1/s1. The predicted octanol–water partition coefficient (Wildman–Crippen LogP) is 1.38. The van der Waals surface area contributed by atoms with Gasteiger partial charge in [0.05, 0.1) is 0 Å². The second kappa shape index (κ2) is 4.30. The molecule has 14 heavy (non-hydrogen) atoms. The Morgan fingerprint density at radius 3 is 2.43 bits per heavy atom. The summed E-state index contributed by atoms with van der Waals surface area (Å²) in [5.74, 6) is -1.04. The lowest BCUT2D eigenvalue weighted by atomic mass is 10.1. The Hall–Kier alpha value is -1.26. The number of rotatable bonds is 3. The fourth-order valence-electron chi connectivity index (χ4n) is 2.03. The van der Waals surface area contributed by atoms with Crippen molar-refractivity contribution in [3.63, 3.8) is 0 Å². The van der Waals surface area contributed by atoms with Crippen molar-refractivity contribution >= 4 is 12.1 Å². The first kappa shape index (κ1) is 10.8. The molecule has 0 spiro atoms. The van der Waals surface area contributed by atoms with E-state index in [2.05, 4.69) is 0 Å². The van der Waals surface area contributed by atoms with Crippen LogP contribution in [0.4, 0.5) is 4.79 Å². The number of carboxylic acids is 1. The molecule has 0 aromatic carbocycles. The minimum absolute atomic E-state index is 0.112. The molecule has 0 saturated carbocycles. The van der Waals surface area contributed by atoms with Crippen molar-refractivity contribution < 1.29 is 19.8 Å². The van der Waals surface area contributed by atoms with Gasteiger partial charge in [-0.15, -0.1) is 0 Å². The summed E-state index contributed by atoms with van der Waals surface area (Å²) < 4.78 is 0. The highest BCUT2D eigenvalue weighted by atomic mass is 16.4. The van der Waals surface area contributed by atoms with Gasteiger partial charge in [0.2, 0.25) is 0 Å². The third kappa shape index (κ3) is 1.97. The second-order valence-corrected chi connectivity index (χ2v) is 3.56. The Morgan fingerprint density at radius 2 is 2.00 bits per heavy atom. The van der Waals surface area contributed by atoms with Crippen molar-refractivity contribution in [1.29, 1.82) is 0 Å². The molecule has 2 atom stereocenters. The lowest BCUT2D eigenvalue weighted by molar-refractivity contribution is -0.142. The number of carboxylic acid groups (broad SMARTS) is 2. The van der Waals surface area contributed by atoms with E-state index in [1.165, 1.54) is 0 Å². The number of aliphatic carboxylic acids is 1. The third-order valence-electron chi connectivity index (χ3n) is 2.63. The normalized spacial score (nSPS) is 26.5. The van der Waals surface area contributed by atoms with Crippen LogP contribution in [0.3, 0.4) is 0 Å². The fourth-order valence-corrected chi connectivity index (χ4v) is 2.03. The average Bonchev–Trinajstić information content (AvgIpc) is 2.48. The molecule has 0 bridgehead atoms. The zero-order chi connectivity index (χ0) is 10.7. The van der Waals surface area contributed by atoms with Gasteiger partial charge in [-0.25, -0.2) is 9.59 Å². The molecule has 1 rings (SSSR count). The second-order valence-electron chi connectivity index (χ2n) is 3.56. The van der Waals surface area contributed by atoms with E-state index < -0.39 is 18.1 Å². The number of likely N-dealkylation sites (tertiary alicyclic amines) is 1. The van der Waals surface area contributed by atoms with Gasteiger partial charge in [0.1, 0.15) is 6.04 Å². The molecule has 0 aromatic rings. The largest absolute Gasteiger partial charge is 0.480 e. The van der Waals surface area contributed by atoms with Crippen LogP contribution in [0, 0.1) is 0 Å². The summed E-state index contributed by atoms with van der Waals surface area (Å²) in [6.45, 7) is 1.97. The Morgan fingerprint density at radius 1 is 1.36 bits per heavy atom. The minimum Gasteiger partial charge on any atom is -0.480 e. The predicted molar refractivity (Wildman–Crippen MR) is 49.2 cm³/mol. The van der Waals surface area contributed by atoms with Crippen molar-refractivity contribution in [2.45, 2.75) is 44.7 Å². The van der Waals surface area contributed by atoms with E-state index in [1.807, 2.05) is 6.92 Å². The molecule has 1 amide bonds. The summed E-state index contributed by atoms with van der Waals surface area (Å²) in [5, 5.41) is 17.7. The van der Waals surface area contributed by atoms with Gasteiger partial charge in [-0.1, -0.05) is 13.3 Å². The van der Waals surface area contributed by atoms with Crippen LogP contribution in [0.2, 0.25) is 0 Å². The lowest BCUT2D eigenvalue weighted by Crippen LogP contribution is -2.44. The van der Waals surface area contributed by atoms with Gasteiger partial charge in [-0.05, 0) is 19.3 Å². The quantitative estimate of drug-likeness (QED) is 0.723. The zero-order valence-electron chi connectivity index (χ0n) is 8.14. The maximum Gasteiger partial charge on any atom is 0.408 e. The van der Waals surface area contributed by atoms with Gasteiger partial charge in [-0.2, -0.15) is 0 Å². The smallest absolute Gasteiger partial charge is 0.408 e. The molecule has 5 nitrogen and oxygen atoms in total. The summed E-state index contributed by atoms with van der Waals surface area (Å²) >= 11 is 0. The van der Waals surface area contributed by atoms with Crippen molar-refractivity contribution in [3.05, 3.63) is 0 Å². The van der Waals surface area contributed by atoms with Gasteiger partial charge in [0, 0.05) is 6.04 Å². The van der Waals surface area contributed by atoms with Crippen LogP contribution in [0.1, 0.15) is 32.6 Å². The molecular weight excluding hydrogens is 186 g/mol. The average molecular weight is 201 g/mol. The van der Waals surface area contributed by atoms with E-state index in [-0.39, 0.29) is 6.04 Å². The Bertz CT molecular complexity index is 241. The molecule has 2 N–H and O–H groups in total. The number of amides is 1. The highest BCUT2D eigenvalue weighted by Crippen LogP contribution is 2.27. The van der Waals surface area contributed by atoms with E-state index in [9.17, 15) is 9.59 Å². The molecule has 1 fully saturated rings. The van der Waals surface area contributed by atoms with Crippen LogP contribution >= 0.6 is 0 Å². The molecule has 1 saturated heterocycles. The van der Waals surface area contributed by atoms with Crippen LogP contribution < -0.4 is 0 Å². The fraction of sp³-hybridized carbons (Fsp3) is 0.778. The SMILES string of the molecule is CCCC1CC[C@H](C(=O)O)N1C(=O)O. The van der Waals surface area contributed by atoms with Crippen molar-refractivity contribution in [3.8, 4) is 0 Å². The van der Waals surface area contributed by atoms with Gasteiger partial charge in [0.25, 0.3) is 0 Å². The van der Waals surface area contributed by atoms with Crippen LogP contribution in [0.5, 0.6) is 0 Å².